The van der Waals surface area contributed by atoms with Gasteiger partial charge in [-0.2, -0.15) is 5.26 Å². The van der Waals surface area contributed by atoms with Crippen LogP contribution in [0.25, 0.3) is 0 Å². The Morgan fingerprint density at radius 1 is 1.41 bits per heavy atom. The monoisotopic (exact) mass is 247 g/mol. The third-order valence-corrected chi connectivity index (χ3v) is 3.68. The van der Waals surface area contributed by atoms with Gasteiger partial charge in [-0.3, -0.25) is 0 Å². The first-order chi connectivity index (χ1) is 8.17. The van der Waals surface area contributed by atoms with Crippen molar-refractivity contribution in [2.24, 2.45) is 0 Å². The molecule has 3 heteroatoms. The van der Waals surface area contributed by atoms with Crippen molar-refractivity contribution in [1.82, 2.24) is 0 Å². The Labute approximate surface area is 105 Å². The lowest BCUT2D eigenvalue weighted by Gasteiger charge is -1.99. The second kappa shape index (κ2) is 7.03. The highest BCUT2D eigenvalue weighted by atomic mass is 32.2. The second-order valence-electron chi connectivity index (χ2n) is 3.97. The van der Waals surface area contributed by atoms with E-state index in [9.17, 15) is 4.21 Å². The molecule has 1 rings (SSSR count). The van der Waals surface area contributed by atoms with Gasteiger partial charge in [-0.1, -0.05) is 31.0 Å². The highest BCUT2D eigenvalue weighted by molar-refractivity contribution is 7.88. The molecule has 0 fully saturated rings. The summed E-state index contributed by atoms with van der Waals surface area (Å²) in [6.07, 6.45) is 2.71. The van der Waals surface area contributed by atoms with Gasteiger partial charge in [0, 0.05) is 15.9 Å². The molecule has 0 aliphatic carbocycles. The van der Waals surface area contributed by atoms with Crippen LogP contribution in [0.1, 0.15) is 31.7 Å². The quantitative estimate of drug-likeness (QED) is 0.744. The minimum atomic E-state index is -1.21. The van der Waals surface area contributed by atoms with Crippen molar-refractivity contribution in [3.8, 4) is 6.07 Å². The second-order valence-corrected chi connectivity index (χ2v) is 5.27. The SMILES string of the molecule is CCCC/C(C#N)=C/S(=O)c1ccc(C)cc1. The fourth-order valence-corrected chi connectivity index (χ4v) is 2.35. The number of hydrogen-bond acceptors (Lipinski definition) is 2. The highest BCUT2D eigenvalue weighted by Crippen LogP contribution is 2.13. The molecule has 1 unspecified atom stereocenters. The lowest BCUT2D eigenvalue weighted by molar-refractivity contribution is 0.688. The number of hydrogen-bond donors (Lipinski definition) is 0. The molecule has 0 spiro atoms. The Bertz CT molecular complexity index is 454. The molecule has 0 aliphatic heterocycles. The van der Waals surface area contributed by atoms with E-state index >= 15 is 0 Å². The first-order valence-corrected chi connectivity index (χ1v) is 6.96. The van der Waals surface area contributed by atoms with Gasteiger partial charge < -0.3 is 0 Å². The topological polar surface area (TPSA) is 40.9 Å². The van der Waals surface area contributed by atoms with Gasteiger partial charge >= 0.3 is 0 Å². The molecule has 90 valence electrons. The van der Waals surface area contributed by atoms with E-state index in [1.165, 1.54) is 0 Å². The van der Waals surface area contributed by atoms with E-state index in [4.69, 9.17) is 5.26 Å². The van der Waals surface area contributed by atoms with Crippen molar-refractivity contribution in [2.75, 3.05) is 0 Å². The molecule has 0 saturated carbocycles. The number of rotatable bonds is 5. The summed E-state index contributed by atoms with van der Waals surface area (Å²) in [6.45, 7) is 4.07. The lowest BCUT2D eigenvalue weighted by Crippen LogP contribution is -1.90. The van der Waals surface area contributed by atoms with Crippen LogP contribution in [0.15, 0.2) is 40.1 Å². The van der Waals surface area contributed by atoms with Crippen molar-refractivity contribution >= 4 is 10.8 Å². The predicted octanol–water partition coefficient (Wildman–Crippen LogP) is 3.70. The first kappa shape index (κ1) is 13.7. The summed E-state index contributed by atoms with van der Waals surface area (Å²) in [5.41, 5.74) is 1.76. The van der Waals surface area contributed by atoms with Crippen molar-refractivity contribution in [3.63, 3.8) is 0 Å². The van der Waals surface area contributed by atoms with Gasteiger partial charge in [0.1, 0.15) is 0 Å². The standard InChI is InChI=1S/C14H17NOS/c1-3-4-5-13(10-15)11-17(16)14-8-6-12(2)7-9-14/h6-9,11H,3-5H2,1-2H3/b13-11-. The van der Waals surface area contributed by atoms with Crippen LogP contribution in [-0.2, 0) is 10.8 Å². The number of nitriles is 1. The van der Waals surface area contributed by atoms with E-state index in [1.807, 2.05) is 31.2 Å². The molecular weight excluding hydrogens is 230 g/mol. The third-order valence-electron chi connectivity index (χ3n) is 2.45. The van der Waals surface area contributed by atoms with Gasteiger partial charge in [-0.15, -0.1) is 0 Å². The molecule has 0 aliphatic rings. The molecule has 1 atom stereocenters. The number of allylic oxidation sites excluding steroid dienone is 1. The zero-order valence-electron chi connectivity index (χ0n) is 10.3. The molecule has 0 saturated heterocycles. The van der Waals surface area contributed by atoms with E-state index < -0.39 is 10.8 Å². The van der Waals surface area contributed by atoms with Gasteiger partial charge in [0.2, 0.25) is 0 Å². The highest BCUT2D eigenvalue weighted by Gasteiger charge is 2.03. The molecule has 0 heterocycles. The van der Waals surface area contributed by atoms with E-state index in [0.29, 0.717) is 12.0 Å². The van der Waals surface area contributed by atoms with Crippen LogP contribution in [0.5, 0.6) is 0 Å². The summed E-state index contributed by atoms with van der Waals surface area (Å²) in [6, 6.07) is 9.66. The first-order valence-electron chi connectivity index (χ1n) is 5.75. The molecule has 0 aromatic heterocycles. The number of benzene rings is 1. The average Bonchev–Trinajstić information content (AvgIpc) is 2.35. The summed E-state index contributed by atoms with van der Waals surface area (Å²) in [5.74, 6) is 0. The average molecular weight is 247 g/mol. The van der Waals surface area contributed by atoms with Crippen molar-refractivity contribution < 1.29 is 4.21 Å². The maximum absolute atomic E-state index is 12.0. The van der Waals surface area contributed by atoms with Crippen LogP contribution in [0.2, 0.25) is 0 Å². The maximum atomic E-state index is 12.0. The Hall–Kier alpha value is -1.40. The smallest absolute Gasteiger partial charge is 0.0953 e. The van der Waals surface area contributed by atoms with E-state index in [2.05, 4.69) is 13.0 Å². The van der Waals surface area contributed by atoms with Crippen molar-refractivity contribution in [1.29, 1.82) is 5.26 Å². The molecule has 0 N–H and O–H groups in total. The zero-order chi connectivity index (χ0) is 12.7. The van der Waals surface area contributed by atoms with Crippen LogP contribution in [0.4, 0.5) is 0 Å². The minimum Gasteiger partial charge on any atom is -0.250 e. The summed E-state index contributed by atoms with van der Waals surface area (Å²) >= 11 is 0. The molecule has 1 aromatic carbocycles. The molecule has 1 aromatic rings. The van der Waals surface area contributed by atoms with Gasteiger partial charge in [0.25, 0.3) is 0 Å². The van der Waals surface area contributed by atoms with Gasteiger partial charge in [-0.25, -0.2) is 4.21 Å². The Kier molecular flexibility index (Phi) is 5.65. The third kappa shape index (κ3) is 4.54. The zero-order valence-corrected chi connectivity index (χ0v) is 11.1. The number of nitrogens with zero attached hydrogens (tertiary/aromatic N) is 1. The normalized spacial score (nSPS) is 13.1. The molecule has 17 heavy (non-hydrogen) atoms. The van der Waals surface area contributed by atoms with Gasteiger partial charge in [0.15, 0.2) is 0 Å². The maximum Gasteiger partial charge on any atom is 0.0953 e. The van der Waals surface area contributed by atoms with E-state index in [-0.39, 0.29) is 0 Å². The van der Waals surface area contributed by atoms with Crippen LogP contribution in [0, 0.1) is 18.3 Å². The van der Waals surface area contributed by atoms with Crippen molar-refractivity contribution in [2.45, 2.75) is 38.0 Å². The van der Waals surface area contributed by atoms with Crippen LogP contribution in [0.3, 0.4) is 0 Å². The molecule has 0 bridgehead atoms. The summed E-state index contributed by atoms with van der Waals surface area (Å²) in [7, 11) is -1.21. The minimum absolute atomic E-state index is 0.616. The van der Waals surface area contributed by atoms with Crippen LogP contribution in [-0.4, -0.2) is 4.21 Å². The molecule has 2 nitrogen and oxygen atoms in total. The number of unbranched alkanes of at least 4 members (excludes halogenated alkanes) is 1. The molecule has 0 radical (unpaired) electrons. The van der Waals surface area contributed by atoms with E-state index in [1.54, 1.807) is 5.41 Å². The van der Waals surface area contributed by atoms with Crippen molar-refractivity contribution in [3.05, 3.63) is 40.8 Å². The number of aryl methyl sites for hydroxylation is 1. The van der Waals surface area contributed by atoms with Gasteiger partial charge in [-0.05, 0) is 31.9 Å². The van der Waals surface area contributed by atoms with Crippen LogP contribution < -0.4 is 0 Å². The lowest BCUT2D eigenvalue weighted by atomic mass is 10.1. The molecule has 0 amide bonds. The summed E-state index contributed by atoms with van der Waals surface area (Å²) in [4.78, 5) is 0.750. The predicted molar refractivity (Wildman–Crippen MR) is 70.8 cm³/mol. The van der Waals surface area contributed by atoms with Crippen LogP contribution >= 0.6 is 0 Å². The summed E-state index contributed by atoms with van der Waals surface area (Å²) in [5, 5.41) is 10.5. The summed E-state index contributed by atoms with van der Waals surface area (Å²) < 4.78 is 12.0. The Morgan fingerprint density at radius 3 is 2.59 bits per heavy atom. The largest absolute Gasteiger partial charge is 0.250 e. The van der Waals surface area contributed by atoms with E-state index in [0.717, 1.165) is 23.3 Å². The van der Waals surface area contributed by atoms with Gasteiger partial charge in [0.05, 0.1) is 16.9 Å². The molecular formula is C14H17NOS. The fourth-order valence-electron chi connectivity index (χ4n) is 1.38. The Morgan fingerprint density at radius 2 is 2.06 bits per heavy atom. The Balaban J connectivity index is 2.79. The fraction of sp³-hybridized carbons (Fsp3) is 0.357.